The summed E-state index contributed by atoms with van der Waals surface area (Å²) in [5, 5.41) is 8.87. The second-order valence-electron chi connectivity index (χ2n) is 6.85. The molecule has 1 aliphatic heterocycles. The molecule has 2 rings (SSSR count). The van der Waals surface area contributed by atoms with E-state index in [0.29, 0.717) is 5.75 Å². The van der Waals surface area contributed by atoms with Gasteiger partial charge in [0.1, 0.15) is 5.75 Å². The number of rotatable bonds is 6. The van der Waals surface area contributed by atoms with Crippen LogP contribution in [0.4, 0.5) is 0 Å². The largest absolute Gasteiger partial charge is 0.479 e. The molecule has 128 valence electrons. The number of ether oxygens (including phenoxy) is 1. The fourth-order valence-corrected chi connectivity index (χ4v) is 3.20. The van der Waals surface area contributed by atoms with Crippen molar-refractivity contribution in [3.63, 3.8) is 0 Å². The number of hydrogen-bond acceptors (Lipinski definition) is 4. The summed E-state index contributed by atoms with van der Waals surface area (Å²) in [5.74, 6) is -0.357. The first-order chi connectivity index (χ1) is 10.8. The van der Waals surface area contributed by atoms with Crippen molar-refractivity contribution in [1.29, 1.82) is 0 Å². The average molecular weight is 320 g/mol. The second kappa shape index (κ2) is 7.32. The molecule has 1 saturated heterocycles. The van der Waals surface area contributed by atoms with Gasteiger partial charge in [0, 0.05) is 31.7 Å². The van der Waals surface area contributed by atoms with Gasteiger partial charge in [0.2, 0.25) is 0 Å². The fourth-order valence-electron chi connectivity index (χ4n) is 3.20. The highest BCUT2D eigenvalue weighted by molar-refractivity contribution is 5.72. The Hall–Kier alpha value is -1.59. The van der Waals surface area contributed by atoms with Crippen LogP contribution in [0.15, 0.2) is 24.3 Å². The molecule has 1 heterocycles. The molecule has 0 radical (unpaired) electrons. The minimum Gasteiger partial charge on any atom is -0.479 e. The summed E-state index contributed by atoms with van der Waals surface area (Å²) in [6, 6.07) is 7.73. The third-order valence-corrected chi connectivity index (χ3v) is 4.52. The van der Waals surface area contributed by atoms with Crippen molar-refractivity contribution < 1.29 is 14.6 Å². The van der Waals surface area contributed by atoms with E-state index < -0.39 is 12.1 Å². The molecule has 23 heavy (non-hydrogen) atoms. The Labute approximate surface area is 138 Å². The van der Waals surface area contributed by atoms with E-state index in [1.165, 1.54) is 12.5 Å². The van der Waals surface area contributed by atoms with Crippen LogP contribution >= 0.6 is 0 Å². The molecule has 5 heteroatoms. The van der Waals surface area contributed by atoms with E-state index in [0.717, 1.165) is 32.7 Å². The zero-order valence-corrected chi connectivity index (χ0v) is 14.6. The Balaban J connectivity index is 1.92. The molecule has 0 saturated carbocycles. The van der Waals surface area contributed by atoms with Crippen molar-refractivity contribution in [2.75, 3.05) is 26.2 Å². The lowest BCUT2D eigenvalue weighted by atomic mass is 9.98. The summed E-state index contributed by atoms with van der Waals surface area (Å²) >= 11 is 0. The molecular formula is C18H28N2O3. The molecule has 5 nitrogen and oxygen atoms in total. The predicted octanol–water partition coefficient (Wildman–Crippen LogP) is 2.45. The topological polar surface area (TPSA) is 53.0 Å². The normalized spacial score (nSPS) is 20.2. The summed E-state index contributed by atoms with van der Waals surface area (Å²) in [6.07, 6.45) is -0.830. The molecule has 1 aromatic rings. The predicted molar refractivity (Wildman–Crippen MR) is 90.8 cm³/mol. The molecule has 1 fully saturated rings. The summed E-state index contributed by atoms with van der Waals surface area (Å²) in [4.78, 5) is 15.8. The maximum absolute atomic E-state index is 10.8. The number of carboxylic acids is 1. The van der Waals surface area contributed by atoms with Gasteiger partial charge in [-0.2, -0.15) is 0 Å². The lowest BCUT2D eigenvalue weighted by Gasteiger charge is -2.47. The fraction of sp³-hybridized carbons (Fsp3) is 0.611. The third-order valence-electron chi connectivity index (χ3n) is 4.52. The van der Waals surface area contributed by atoms with Crippen LogP contribution in [-0.2, 0) is 11.3 Å². The van der Waals surface area contributed by atoms with Crippen molar-refractivity contribution in [1.82, 2.24) is 9.80 Å². The van der Waals surface area contributed by atoms with Gasteiger partial charge in [-0.3, -0.25) is 9.80 Å². The maximum Gasteiger partial charge on any atom is 0.344 e. The highest BCUT2D eigenvalue weighted by atomic mass is 16.5. The number of likely N-dealkylation sites (N-methyl/N-ethyl adjacent to an activating group) is 1. The summed E-state index contributed by atoms with van der Waals surface area (Å²) < 4.78 is 5.36. The van der Waals surface area contributed by atoms with E-state index in [1.807, 2.05) is 24.3 Å². The monoisotopic (exact) mass is 320 g/mol. The van der Waals surface area contributed by atoms with Crippen LogP contribution in [0.1, 0.15) is 33.3 Å². The Morgan fingerprint density at radius 2 is 1.96 bits per heavy atom. The molecule has 0 unspecified atom stereocenters. The van der Waals surface area contributed by atoms with Crippen LogP contribution in [-0.4, -0.2) is 58.7 Å². The van der Waals surface area contributed by atoms with Crippen LogP contribution < -0.4 is 4.74 Å². The van der Waals surface area contributed by atoms with Gasteiger partial charge in [-0.05, 0) is 45.0 Å². The molecule has 0 amide bonds. The standard InChI is InChI=1S/C18H28N2O3/c1-5-20-11-10-19(13-18(20,3)4)12-15-6-8-16(9-7-15)23-14(2)17(21)22/h6-9,14H,5,10-13H2,1-4H3,(H,21,22)/t14-/m0/s1. The lowest BCUT2D eigenvalue weighted by Crippen LogP contribution is -2.58. The van der Waals surface area contributed by atoms with Crippen molar-refractivity contribution >= 4 is 5.97 Å². The van der Waals surface area contributed by atoms with Gasteiger partial charge in [-0.15, -0.1) is 0 Å². The van der Waals surface area contributed by atoms with Crippen LogP contribution in [0.2, 0.25) is 0 Å². The quantitative estimate of drug-likeness (QED) is 0.872. The van der Waals surface area contributed by atoms with Gasteiger partial charge in [0.15, 0.2) is 6.10 Å². The van der Waals surface area contributed by atoms with Crippen LogP contribution in [0, 0.1) is 0 Å². The number of nitrogens with zero attached hydrogens (tertiary/aromatic N) is 2. The van der Waals surface area contributed by atoms with E-state index in [9.17, 15) is 4.79 Å². The summed E-state index contributed by atoms with van der Waals surface area (Å²) in [7, 11) is 0. The van der Waals surface area contributed by atoms with E-state index in [1.54, 1.807) is 0 Å². The average Bonchev–Trinajstić information content (AvgIpc) is 2.48. The molecule has 0 bridgehead atoms. The van der Waals surface area contributed by atoms with Crippen LogP contribution in [0.3, 0.4) is 0 Å². The van der Waals surface area contributed by atoms with Gasteiger partial charge in [-0.1, -0.05) is 19.1 Å². The van der Waals surface area contributed by atoms with Gasteiger partial charge in [0.25, 0.3) is 0 Å². The maximum atomic E-state index is 10.8. The Morgan fingerprint density at radius 3 is 2.48 bits per heavy atom. The van der Waals surface area contributed by atoms with Gasteiger partial charge in [-0.25, -0.2) is 4.79 Å². The minimum absolute atomic E-state index is 0.201. The van der Waals surface area contributed by atoms with Crippen LogP contribution in [0.25, 0.3) is 0 Å². The Bertz CT molecular complexity index is 528. The SMILES string of the molecule is CCN1CCN(Cc2ccc(O[C@@H](C)C(=O)O)cc2)CC1(C)C. The van der Waals surface area contributed by atoms with Crippen molar-refractivity contribution in [2.45, 2.75) is 45.9 Å². The highest BCUT2D eigenvalue weighted by Crippen LogP contribution is 2.22. The number of carboxylic acid groups (broad SMARTS) is 1. The summed E-state index contributed by atoms with van der Waals surface area (Å²) in [6.45, 7) is 13.6. The smallest absolute Gasteiger partial charge is 0.344 e. The zero-order valence-electron chi connectivity index (χ0n) is 14.6. The Kier molecular flexibility index (Phi) is 5.65. The van der Waals surface area contributed by atoms with Crippen molar-refractivity contribution in [3.05, 3.63) is 29.8 Å². The second-order valence-corrected chi connectivity index (χ2v) is 6.85. The molecule has 0 spiro atoms. The molecule has 1 aromatic carbocycles. The molecule has 1 N–H and O–H groups in total. The number of piperazine rings is 1. The van der Waals surface area contributed by atoms with Crippen LogP contribution in [0.5, 0.6) is 5.75 Å². The first-order valence-corrected chi connectivity index (χ1v) is 8.27. The van der Waals surface area contributed by atoms with Gasteiger partial charge >= 0.3 is 5.97 Å². The van der Waals surface area contributed by atoms with Gasteiger partial charge in [0.05, 0.1) is 0 Å². The first-order valence-electron chi connectivity index (χ1n) is 8.27. The molecule has 0 aromatic heterocycles. The Morgan fingerprint density at radius 1 is 1.30 bits per heavy atom. The molecule has 1 atom stereocenters. The molecule has 1 aliphatic rings. The van der Waals surface area contributed by atoms with E-state index in [4.69, 9.17) is 9.84 Å². The summed E-state index contributed by atoms with van der Waals surface area (Å²) in [5.41, 5.74) is 1.42. The minimum atomic E-state index is -0.954. The van der Waals surface area contributed by atoms with Gasteiger partial charge < -0.3 is 9.84 Å². The number of carbonyl (C=O) groups is 1. The number of benzene rings is 1. The first kappa shape index (κ1) is 17.8. The third kappa shape index (κ3) is 4.69. The van der Waals surface area contributed by atoms with Crippen molar-refractivity contribution in [2.24, 2.45) is 0 Å². The lowest BCUT2D eigenvalue weighted by molar-refractivity contribution is -0.144. The number of hydrogen-bond donors (Lipinski definition) is 1. The van der Waals surface area contributed by atoms with Crippen molar-refractivity contribution in [3.8, 4) is 5.75 Å². The zero-order chi connectivity index (χ0) is 17.0. The van der Waals surface area contributed by atoms with E-state index in [-0.39, 0.29) is 5.54 Å². The molecular weight excluding hydrogens is 292 g/mol. The van der Waals surface area contributed by atoms with E-state index >= 15 is 0 Å². The van der Waals surface area contributed by atoms with E-state index in [2.05, 4.69) is 30.6 Å². The number of aliphatic carboxylic acids is 1. The molecule has 0 aliphatic carbocycles. The highest BCUT2D eigenvalue weighted by Gasteiger charge is 2.32.